The molecular formula is C29H23Cl2N9O3. The highest BCUT2D eigenvalue weighted by Gasteiger charge is 2.19. The van der Waals surface area contributed by atoms with Crippen molar-refractivity contribution in [2.24, 2.45) is 0 Å². The molecule has 0 bridgehead atoms. The Morgan fingerprint density at radius 3 is 2.47 bits per heavy atom. The van der Waals surface area contributed by atoms with E-state index in [2.05, 4.69) is 36.4 Å². The van der Waals surface area contributed by atoms with Crippen LogP contribution in [0.2, 0.25) is 10.2 Å². The molecule has 0 aliphatic rings. The van der Waals surface area contributed by atoms with Crippen molar-refractivity contribution >= 4 is 52.7 Å². The number of carboxylic acid groups (broad SMARTS) is 1. The first-order chi connectivity index (χ1) is 20.7. The summed E-state index contributed by atoms with van der Waals surface area (Å²) in [5.74, 6) is -0.398. The van der Waals surface area contributed by atoms with E-state index >= 15 is 0 Å². The number of nitrogens with zero attached hydrogens (tertiary/aromatic N) is 6. The SMILES string of the molecule is Nc1ccc(CC(NC(=O)C=Cc2cc(Cl)ccc2-n2cnnn2)c2cc(-c3ccc(NC(=O)O)cc3)c(Cl)nn2)cc1. The first-order valence-electron chi connectivity index (χ1n) is 12.7. The Morgan fingerprint density at radius 1 is 1.00 bits per heavy atom. The summed E-state index contributed by atoms with van der Waals surface area (Å²) < 4.78 is 1.47. The van der Waals surface area contributed by atoms with Gasteiger partial charge in [0, 0.05) is 33.6 Å². The molecule has 43 heavy (non-hydrogen) atoms. The molecule has 0 saturated heterocycles. The lowest BCUT2D eigenvalue weighted by Crippen LogP contribution is -2.29. The molecule has 2 aromatic heterocycles. The van der Waals surface area contributed by atoms with E-state index in [0.717, 1.165) is 5.56 Å². The molecule has 0 spiro atoms. The molecule has 3 aromatic carbocycles. The maximum absolute atomic E-state index is 13.2. The van der Waals surface area contributed by atoms with Gasteiger partial charge in [-0.05, 0) is 82.6 Å². The van der Waals surface area contributed by atoms with Gasteiger partial charge in [-0.3, -0.25) is 10.1 Å². The van der Waals surface area contributed by atoms with Crippen molar-refractivity contribution in [1.82, 2.24) is 35.7 Å². The molecule has 5 rings (SSSR count). The minimum atomic E-state index is -1.17. The lowest BCUT2D eigenvalue weighted by molar-refractivity contribution is -0.117. The molecule has 0 radical (unpaired) electrons. The second-order valence-corrected chi connectivity index (χ2v) is 10.1. The minimum absolute atomic E-state index is 0.149. The zero-order valence-electron chi connectivity index (χ0n) is 22.2. The van der Waals surface area contributed by atoms with Gasteiger partial charge in [0.25, 0.3) is 0 Å². The molecule has 2 heterocycles. The summed E-state index contributed by atoms with van der Waals surface area (Å²) in [5.41, 5.74) is 10.7. The molecule has 5 N–H and O–H groups in total. The van der Waals surface area contributed by atoms with Crippen LogP contribution in [-0.4, -0.2) is 47.5 Å². The molecule has 1 unspecified atom stereocenters. The number of tetrazole rings is 1. The third-order valence-corrected chi connectivity index (χ3v) is 6.82. The molecule has 0 aliphatic heterocycles. The standard InChI is InChI=1S/C29H23Cl2N9O3/c30-20-6-11-26(40-16-33-38-39-40)19(14-20)5-12-27(41)35-24(13-17-1-7-21(32)8-2-17)25-15-23(28(31)37-36-25)18-3-9-22(10-4-18)34-29(42)43/h1-12,14-16,24,34H,13,32H2,(H,35,41)(H,42,43). The van der Waals surface area contributed by atoms with Crippen molar-refractivity contribution < 1.29 is 14.7 Å². The van der Waals surface area contributed by atoms with Gasteiger partial charge in [-0.25, -0.2) is 4.79 Å². The van der Waals surface area contributed by atoms with Gasteiger partial charge in [-0.1, -0.05) is 47.5 Å². The van der Waals surface area contributed by atoms with E-state index in [1.54, 1.807) is 66.7 Å². The normalized spacial score (nSPS) is 11.8. The topological polar surface area (TPSA) is 174 Å². The first-order valence-corrected chi connectivity index (χ1v) is 13.5. The quantitative estimate of drug-likeness (QED) is 0.128. The van der Waals surface area contributed by atoms with Gasteiger partial charge < -0.3 is 16.2 Å². The highest BCUT2D eigenvalue weighted by Crippen LogP contribution is 2.30. The average molecular weight is 616 g/mol. The molecule has 216 valence electrons. The summed E-state index contributed by atoms with van der Waals surface area (Å²) in [6, 6.07) is 20.2. The van der Waals surface area contributed by atoms with E-state index in [9.17, 15) is 9.59 Å². The van der Waals surface area contributed by atoms with Crippen LogP contribution in [0, 0.1) is 0 Å². The second-order valence-electron chi connectivity index (χ2n) is 9.28. The van der Waals surface area contributed by atoms with Gasteiger partial charge >= 0.3 is 6.09 Å². The van der Waals surface area contributed by atoms with Gasteiger partial charge in [0.2, 0.25) is 5.91 Å². The number of nitrogens with one attached hydrogen (secondary N) is 2. The Bertz CT molecular complexity index is 1780. The fourth-order valence-corrected chi connectivity index (χ4v) is 4.65. The number of hydrogen-bond acceptors (Lipinski definition) is 8. The summed E-state index contributed by atoms with van der Waals surface area (Å²) in [6.45, 7) is 0. The van der Waals surface area contributed by atoms with E-state index < -0.39 is 18.0 Å². The van der Waals surface area contributed by atoms with Crippen molar-refractivity contribution in [2.45, 2.75) is 12.5 Å². The number of benzene rings is 3. The zero-order chi connectivity index (χ0) is 30.3. The fraction of sp³-hybridized carbons (Fsp3) is 0.0690. The third kappa shape index (κ3) is 7.50. The van der Waals surface area contributed by atoms with Crippen molar-refractivity contribution in [3.8, 4) is 16.8 Å². The number of anilines is 2. The summed E-state index contributed by atoms with van der Waals surface area (Å²) in [5, 5.41) is 34.6. The largest absolute Gasteiger partial charge is 0.465 e. The summed E-state index contributed by atoms with van der Waals surface area (Å²) in [4.78, 5) is 24.2. The van der Waals surface area contributed by atoms with Crippen LogP contribution < -0.4 is 16.4 Å². The Balaban J connectivity index is 1.44. The van der Waals surface area contributed by atoms with Crippen molar-refractivity contribution in [2.75, 3.05) is 11.1 Å². The average Bonchev–Trinajstić information content (AvgIpc) is 3.52. The predicted molar refractivity (Wildman–Crippen MR) is 163 cm³/mol. The number of carbonyl (C=O) groups is 2. The van der Waals surface area contributed by atoms with Crippen LogP contribution >= 0.6 is 23.2 Å². The number of nitrogen functional groups attached to an aromatic ring is 1. The predicted octanol–water partition coefficient (Wildman–Crippen LogP) is 5.21. The second kappa shape index (κ2) is 13.1. The van der Waals surface area contributed by atoms with Gasteiger partial charge in [0.05, 0.1) is 17.4 Å². The molecule has 0 aliphatic carbocycles. The van der Waals surface area contributed by atoms with Crippen molar-refractivity contribution in [3.63, 3.8) is 0 Å². The Hall–Kier alpha value is -5.33. The maximum atomic E-state index is 13.2. The molecule has 0 fully saturated rings. The number of amides is 2. The summed E-state index contributed by atoms with van der Waals surface area (Å²) in [7, 11) is 0. The Labute approximate surface area is 255 Å². The third-order valence-electron chi connectivity index (χ3n) is 6.31. The van der Waals surface area contributed by atoms with Crippen LogP contribution in [0.5, 0.6) is 0 Å². The van der Waals surface area contributed by atoms with Crippen molar-refractivity contribution in [1.29, 1.82) is 0 Å². The maximum Gasteiger partial charge on any atom is 0.409 e. The molecular weight excluding hydrogens is 593 g/mol. The number of halogens is 2. The minimum Gasteiger partial charge on any atom is -0.465 e. The molecule has 0 saturated carbocycles. The number of hydrogen-bond donors (Lipinski definition) is 4. The van der Waals surface area contributed by atoms with Crippen LogP contribution in [0.15, 0.2) is 85.2 Å². The van der Waals surface area contributed by atoms with Crippen LogP contribution in [0.1, 0.15) is 22.9 Å². The van der Waals surface area contributed by atoms with Crippen LogP contribution in [0.25, 0.3) is 22.9 Å². The molecule has 12 nitrogen and oxygen atoms in total. The fourth-order valence-electron chi connectivity index (χ4n) is 4.26. The number of carbonyl (C=O) groups excluding carboxylic acids is 1. The first kappa shape index (κ1) is 29.2. The molecule has 5 aromatic rings. The van der Waals surface area contributed by atoms with E-state index in [-0.39, 0.29) is 5.15 Å². The van der Waals surface area contributed by atoms with Gasteiger partial charge in [0.15, 0.2) is 5.15 Å². The monoisotopic (exact) mass is 615 g/mol. The van der Waals surface area contributed by atoms with Gasteiger partial charge in [-0.15, -0.1) is 10.2 Å². The zero-order valence-corrected chi connectivity index (χ0v) is 23.7. The van der Waals surface area contributed by atoms with Gasteiger partial charge in [-0.2, -0.15) is 9.78 Å². The lowest BCUT2D eigenvalue weighted by Gasteiger charge is -2.19. The van der Waals surface area contributed by atoms with E-state index in [1.165, 1.54) is 17.1 Å². The Kier molecular flexibility index (Phi) is 8.89. The number of rotatable bonds is 9. The summed E-state index contributed by atoms with van der Waals surface area (Å²) >= 11 is 12.6. The molecule has 2 amide bonds. The molecule has 1 atom stereocenters. The summed E-state index contributed by atoms with van der Waals surface area (Å²) in [6.07, 6.45) is 3.65. The highest BCUT2D eigenvalue weighted by molar-refractivity contribution is 6.32. The van der Waals surface area contributed by atoms with E-state index in [0.29, 0.717) is 50.9 Å². The lowest BCUT2D eigenvalue weighted by atomic mass is 10.00. The number of nitrogens with two attached hydrogens (primary N) is 1. The van der Waals surface area contributed by atoms with Crippen molar-refractivity contribution in [3.05, 3.63) is 112 Å². The van der Waals surface area contributed by atoms with Crippen LogP contribution in [-0.2, 0) is 11.2 Å². The van der Waals surface area contributed by atoms with E-state index in [4.69, 9.17) is 34.0 Å². The van der Waals surface area contributed by atoms with Gasteiger partial charge in [0.1, 0.15) is 6.33 Å². The Morgan fingerprint density at radius 2 is 1.77 bits per heavy atom. The molecule has 14 heteroatoms. The van der Waals surface area contributed by atoms with E-state index in [1.807, 2.05) is 12.1 Å². The highest BCUT2D eigenvalue weighted by atomic mass is 35.5. The van der Waals surface area contributed by atoms with Crippen LogP contribution in [0.4, 0.5) is 16.2 Å². The van der Waals surface area contributed by atoms with Crippen LogP contribution in [0.3, 0.4) is 0 Å². The smallest absolute Gasteiger partial charge is 0.409 e. The number of aromatic nitrogens is 6.